The second kappa shape index (κ2) is 6.41. The molecule has 0 unspecified atom stereocenters. The fourth-order valence-corrected chi connectivity index (χ4v) is 2.22. The molecule has 1 heterocycles. The molecule has 1 aliphatic rings. The van der Waals surface area contributed by atoms with Crippen LogP contribution in [0.5, 0.6) is 0 Å². The summed E-state index contributed by atoms with van der Waals surface area (Å²) in [4.78, 5) is 25.0. The number of nitrogens with zero attached hydrogens (tertiary/aromatic N) is 1. The molecule has 2 rings (SSSR count). The van der Waals surface area contributed by atoms with Crippen molar-refractivity contribution in [3.05, 3.63) is 29.3 Å². The molecule has 0 fully saturated rings. The van der Waals surface area contributed by atoms with Gasteiger partial charge in [-0.1, -0.05) is 0 Å². The van der Waals surface area contributed by atoms with E-state index in [2.05, 4.69) is 10.6 Å². The first-order valence-electron chi connectivity index (χ1n) is 6.93. The smallest absolute Gasteiger partial charge is 0.251 e. The van der Waals surface area contributed by atoms with Crippen molar-refractivity contribution in [1.82, 2.24) is 10.2 Å². The van der Waals surface area contributed by atoms with Crippen molar-refractivity contribution in [2.75, 3.05) is 32.5 Å². The first-order chi connectivity index (χ1) is 9.58. The Hall–Kier alpha value is -2.04. The Morgan fingerprint density at radius 3 is 2.90 bits per heavy atom. The zero-order chi connectivity index (χ0) is 14.5. The quantitative estimate of drug-likeness (QED) is 0.869. The van der Waals surface area contributed by atoms with E-state index in [0.29, 0.717) is 18.5 Å². The molecule has 1 aliphatic heterocycles. The highest BCUT2D eigenvalue weighted by Crippen LogP contribution is 2.22. The molecule has 0 saturated heterocycles. The van der Waals surface area contributed by atoms with Crippen LogP contribution in [0.3, 0.4) is 0 Å². The van der Waals surface area contributed by atoms with Gasteiger partial charge >= 0.3 is 0 Å². The van der Waals surface area contributed by atoms with Crippen LogP contribution < -0.4 is 10.6 Å². The highest BCUT2D eigenvalue weighted by atomic mass is 16.2. The third-order valence-corrected chi connectivity index (χ3v) is 3.43. The summed E-state index contributed by atoms with van der Waals surface area (Å²) in [5.74, 6) is -0.107. The molecule has 0 bridgehead atoms. The van der Waals surface area contributed by atoms with Crippen LogP contribution in [0.1, 0.15) is 28.8 Å². The van der Waals surface area contributed by atoms with Gasteiger partial charge in [-0.2, -0.15) is 0 Å². The SMILES string of the molecule is CN(C)C(=O)CCNC(=O)c1ccc2c(c1)CCCN2. The van der Waals surface area contributed by atoms with Gasteiger partial charge in [-0.05, 0) is 36.6 Å². The van der Waals surface area contributed by atoms with Gasteiger partial charge in [0.25, 0.3) is 5.91 Å². The molecule has 0 atom stereocenters. The normalized spacial score (nSPS) is 13.1. The number of hydrogen-bond acceptors (Lipinski definition) is 3. The van der Waals surface area contributed by atoms with Gasteiger partial charge in [0.2, 0.25) is 5.91 Å². The van der Waals surface area contributed by atoms with E-state index in [0.717, 1.165) is 25.1 Å². The minimum Gasteiger partial charge on any atom is -0.385 e. The number of amides is 2. The van der Waals surface area contributed by atoms with Crippen LogP contribution in [0.4, 0.5) is 5.69 Å². The molecule has 2 amide bonds. The number of carbonyl (C=O) groups excluding carboxylic acids is 2. The molecule has 1 aromatic carbocycles. The lowest BCUT2D eigenvalue weighted by Crippen LogP contribution is -2.30. The molecule has 0 saturated carbocycles. The maximum atomic E-state index is 12.0. The van der Waals surface area contributed by atoms with Crippen molar-refractivity contribution < 1.29 is 9.59 Å². The molecule has 0 aromatic heterocycles. The topological polar surface area (TPSA) is 61.4 Å². The summed E-state index contributed by atoms with van der Waals surface area (Å²) in [6, 6.07) is 5.71. The van der Waals surface area contributed by atoms with E-state index >= 15 is 0 Å². The minimum atomic E-state index is -0.120. The zero-order valence-corrected chi connectivity index (χ0v) is 12.0. The molecule has 0 radical (unpaired) electrons. The zero-order valence-electron chi connectivity index (χ0n) is 12.0. The molecule has 5 heteroatoms. The molecule has 2 N–H and O–H groups in total. The number of carbonyl (C=O) groups is 2. The summed E-state index contributed by atoms with van der Waals surface area (Å²) in [6.07, 6.45) is 2.42. The lowest BCUT2D eigenvalue weighted by atomic mass is 10.0. The van der Waals surface area contributed by atoms with Gasteiger partial charge in [0, 0.05) is 44.9 Å². The number of hydrogen-bond donors (Lipinski definition) is 2. The number of aryl methyl sites for hydroxylation is 1. The molecular weight excluding hydrogens is 254 g/mol. The third kappa shape index (κ3) is 3.50. The average molecular weight is 275 g/mol. The van der Waals surface area contributed by atoms with Gasteiger partial charge in [0.05, 0.1) is 0 Å². The van der Waals surface area contributed by atoms with Gasteiger partial charge in [-0.15, -0.1) is 0 Å². The maximum absolute atomic E-state index is 12.0. The second-order valence-electron chi connectivity index (χ2n) is 5.20. The van der Waals surface area contributed by atoms with Gasteiger partial charge in [-0.25, -0.2) is 0 Å². The monoisotopic (exact) mass is 275 g/mol. The van der Waals surface area contributed by atoms with Crippen molar-refractivity contribution in [3.8, 4) is 0 Å². The van der Waals surface area contributed by atoms with E-state index < -0.39 is 0 Å². The minimum absolute atomic E-state index is 0.0138. The van der Waals surface area contributed by atoms with E-state index in [1.165, 1.54) is 10.5 Å². The summed E-state index contributed by atoms with van der Waals surface area (Å²) in [7, 11) is 3.42. The Labute approximate surface area is 119 Å². The Morgan fingerprint density at radius 2 is 2.15 bits per heavy atom. The third-order valence-electron chi connectivity index (χ3n) is 3.43. The van der Waals surface area contributed by atoms with Crippen molar-refractivity contribution in [2.24, 2.45) is 0 Å². The van der Waals surface area contributed by atoms with Crippen molar-refractivity contribution in [1.29, 1.82) is 0 Å². The number of benzene rings is 1. The summed E-state index contributed by atoms with van der Waals surface area (Å²) in [5, 5.41) is 6.10. The molecular formula is C15H21N3O2. The summed E-state index contributed by atoms with van der Waals surface area (Å²) < 4.78 is 0. The van der Waals surface area contributed by atoms with Crippen molar-refractivity contribution >= 4 is 17.5 Å². The molecule has 20 heavy (non-hydrogen) atoms. The lowest BCUT2D eigenvalue weighted by Gasteiger charge is -2.18. The summed E-state index contributed by atoms with van der Waals surface area (Å²) >= 11 is 0. The van der Waals surface area contributed by atoms with E-state index in [1.807, 2.05) is 18.2 Å². The Balaban J connectivity index is 1.91. The highest BCUT2D eigenvalue weighted by Gasteiger charge is 2.12. The van der Waals surface area contributed by atoms with Gasteiger partial charge in [0.15, 0.2) is 0 Å². The van der Waals surface area contributed by atoms with Crippen molar-refractivity contribution in [3.63, 3.8) is 0 Å². The fourth-order valence-electron chi connectivity index (χ4n) is 2.22. The van der Waals surface area contributed by atoms with Crippen LogP contribution in [-0.2, 0) is 11.2 Å². The standard InChI is InChI=1S/C15H21N3O2/c1-18(2)14(19)7-9-17-15(20)12-5-6-13-11(10-12)4-3-8-16-13/h5-6,10,16H,3-4,7-9H2,1-2H3,(H,17,20). The van der Waals surface area contributed by atoms with Crippen LogP contribution in [0, 0.1) is 0 Å². The van der Waals surface area contributed by atoms with Crippen LogP contribution in [-0.4, -0.2) is 43.9 Å². The average Bonchev–Trinajstić information content (AvgIpc) is 2.46. The lowest BCUT2D eigenvalue weighted by molar-refractivity contribution is -0.128. The number of nitrogens with one attached hydrogen (secondary N) is 2. The van der Waals surface area contributed by atoms with Gasteiger partial charge in [0.1, 0.15) is 0 Å². The number of fused-ring (bicyclic) bond motifs is 1. The Morgan fingerprint density at radius 1 is 1.35 bits per heavy atom. The van der Waals surface area contributed by atoms with Gasteiger partial charge < -0.3 is 15.5 Å². The van der Waals surface area contributed by atoms with Crippen LogP contribution in [0.25, 0.3) is 0 Å². The largest absolute Gasteiger partial charge is 0.385 e. The predicted octanol–water partition coefficient (Wildman–Crippen LogP) is 1.25. The van der Waals surface area contributed by atoms with E-state index in [-0.39, 0.29) is 11.8 Å². The first-order valence-corrected chi connectivity index (χ1v) is 6.93. The Bertz CT molecular complexity index is 512. The number of anilines is 1. The van der Waals surface area contributed by atoms with E-state index in [9.17, 15) is 9.59 Å². The number of rotatable bonds is 4. The van der Waals surface area contributed by atoms with Crippen LogP contribution >= 0.6 is 0 Å². The van der Waals surface area contributed by atoms with Crippen molar-refractivity contribution in [2.45, 2.75) is 19.3 Å². The van der Waals surface area contributed by atoms with Crippen LogP contribution in [0.15, 0.2) is 18.2 Å². The van der Waals surface area contributed by atoms with Gasteiger partial charge in [-0.3, -0.25) is 9.59 Å². The van der Waals surface area contributed by atoms with E-state index in [4.69, 9.17) is 0 Å². The molecule has 1 aromatic rings. The fraction of sp³-hybridized carbons (Fsp3) is 0.467. The summed E-state index contributed by atoms with van der Waals surface area (Å²) in [5.41, 5.74) is 2.97. The predicted molar refractivity (Wildman–Crippen MR) is 78.9 cm³/mol. The maximum Gasteiger partial charge on any atom is 0.251 e. The Kier molecular flexibility index (Phi) is 4.61. The molecule has 0 aliphatic carbocycles. The van der Waals surface area contributed by atoms with Crippen LogP contribution in [0.2, 0.25) is 0 Å². The second-order valence-corrected chi connectivity index (χ2v) is 5.20. The molecule has 5 nitrogen and oxygen atoms in total. The highest BCUT2D eigenvalue weighted by molar-refractivity contribution is 5.95. The molecule has 0 spiro atoms. The van der Waals surface area contributed by atoms with E-state index in [1.54, 1.807) is 14.1 Å². The summed E-state index contributed by atoms with van der Waals surface area (Å²) in [6.45, 7) is 1.36. The first kappa shape index (κ1) is 14.4. The molecule has 108 valence electrons.